The highest BCUT2D eigenvalue weighted by molar-refractivity contribution is 6.07. The Bertz CT molecular complexity index is 452. The second-order valence-corrected chi connectivity index (χ2v) is 6.79. The monoisotopic (exact) mass is 312 g/mol. The van der Waals surface area contributed by atoms with Crippen molar-refractivity contribution in [3.8, 4) is 0 Å². The molecule has 1 saturated heterocycles. The molecule has 2 atom stereocenters. The van der Waals surface area contributed by atoms with Crippen LogP contribution in [0.3, 0.4) is 0 Å². The van der Waals surface area contributed by atoms with Crippen LogP contribution < -0.4 is 10.6 Å². The highest BCUT2D eigenvalue weighted by Crippen LogP contribution is 2.44. The van der Waals surface area contributed by atoms with E-state index in [1.165, 1.54) is 0 Å². The normalized spacial score (nSPS) is 25.5. The molecule has 2 aliphatic rings. The summed E-state index contributed by atoms with van der Waals surface area (Å²) in [5.41, 5.74) is -1.49. The summed E-state index contributed by atoms with van der Waals surface area (Å²) < 4.78 is 5.33. The largest absolute Gasteiger partial charge is 0.460 e. The Kier molecular flexibility index (Phi) is 5.59. The highest BCUT2D eigenvalue weighted by atomic mass is 16.6. The molecule has 1 saturated carbocycles. The van der Waals surface area contributed by atoms with Gasteiger partial charge in [-0.1, -0.05) is 20.8 Å². The zero-order valence-corrected chi connectivity index (χ0v) is 14.4. The zero-order chi connectivity index (χ0) is 17.1. The maximum absolute atomic E-state index is 12.1. The molecule has 2 unspecified atom stereocenters. The van der Waals surface area contributed by atoms with Gasteiger partial charge in [-0.25, -0.2) is 4.79 Å². The summed E-state index contributed by atoms with van der Waals surface area (Å²) >= 11 is 0. The Morgan fingerprint density at radius 3 is 2.23 bits per heavy atom. The average Bonchev–Trinajstić information content (AvgIpc) is 3.18. The molecule has 2 rings (SSSR count). The van der Waals surface area contributed by atoms with Gasteiger partial charge in [-0.3, -0.25) is 14.9 Å². The molecule has 6 heteroatoms. The van der Waals surface area contributed by atoms with E-state index in [2.05, 4.69) is 10.6 Å². The SMILES string of the molecule is CC.CC(CC1(C2CC2)NC(=O)NC1=O)C(=O)OC(C)(C)C. The number of ether oxygens (including phenoxy) is 1. The first-order valence-electron chi connectivity index (χ1n) is 8.00. The van der Waals surface area contributed by atoms with Crippen molar-refractivity contribution < 1.29 is 19.1 Å². The average molecular weight is 312 g/mol. The summed E-state index contributed by atoms with van der Waals surface area (Å²) in [6.07, 6.45) is 2.08. The van der Waals surface area contributed by atoms with Crippen LogP contribution in [-0.4, -0.2) is 29.0 Å². The van der Waals surface area contributed by atoms with Crippen molar-refractivity contribution in [3.05, 3.63) is 0 Å². The second kappa shape index (κ2) is 6.67. The van der Waals surface area contributed by atoms with Gasteiger partial charge in [0.05, 0.1) is 5.92 Å². The Balaban J connectivity index is 0.00000116. The van der Waals surface area contributed by atoms with Gasteiger partial charge in [-0.15, -0.1) is 0 Å². The molecule has 1 aliphatic carbocycles. The van der Waals surface area contributed by atoms with Crippen LogP contribution >= 0.6 is 0 Å². The molecule has 22 heavy (non-hydrogen) atoms. The lowest BCUT2D eigenvalue weighted by Gasteiger charge is -2.29. The molecule has 3 amide bonds. The van der Waals surface area contributed by atoms with E-state index in [9.17, 15) is 14.4 Å². The Morgan fingerprint density at radius 1 is 1.32 bits per heavy atom. The number of rotatable bonds is 4. The number of hydrogen-bond acceptors (Lipinski definition) is 4. The fourth-order valence-electron chi connectivity index (χ4n) is 2.65. The van der Waals surface area contributed by atoms with Crippen molar-refractivity contribution in [2.45, 2.75) is 71.9 Å². The molecule has 2 fully saturated rings. The van der Waals surface area contributed by atoms with Crippen LogP contribution in [0.1, 0.15) is 60.8 Å². The van der Waals surface area contributed by atoms with E-state index in [4.69, 9.17) is 4.74 Å². The zero-order valence-electron chi connectivity index (χ0n) is 14.4. The molecule has 2 N–H and O–H groups in total. The summed E-state index contributed by atoms with van der Waals surface area (Å²) in [5, 5.41) is 5.00. The summed E-state index contributed by atoms with van der Waals surface area (Å²) in [7, 11) is 0. The topological polar surface area (TPSA) is 84.5 Å². The minimum atomic E-state index is -0.937. The molecule has 0 bridgehead atoms. The Labute approximate surface area is 132 Å². The number of urea groups is 1. The fourth-order valence-corrected chi connectivity index (χ4v) is 2.65. The summed E-state index contributed by atoms with van der Waals surface area (Å²) in [6.45, 7) is 11.1. The van der Waals surface area contributed by atoms with Crippen LogP contribution in [-0.2, 0) is 14.3 Å². The van der Waals surface area contributed by atoms with Gasteiger partial charge in [0.2, 0.25) is 0 Å². The number of esters is 1. The van der Waals surface area contributed by atoms with E-state index in [0.29, 0.717) is 0 Å². The van der Waals surface area contributed by atoms with Gasteiger partial charge in [0.15, 0.2) is 0 Å². The molecular weight excluding hydrogens is 284 g/mol. The number of imide groups is 1. The molecule has 6 nitrogen and oxygen atoms in total. The van der Waals surface area contributed by atoms with Gasteiger partial charge in [-0.2, -0.15) is 0 Å². The Morgan fingerprint density at radius 2 is 1.86 bits per heavy atom. The summed E-state index contributed by atoms with van der Waals surface area (Å²) in [6, 6.07) is -0.474. The van der Waals surface area contributed by atoms with Gasteiger partial charge < -0.3 is 10.1 Å². The van der Waals surface area contributed by atoms with Crippen LogP contribution in [0.5, 0.6) is 0 Å². The molecular formula is C16H28N2O4. The third-order valence-electron chi connectivity index (χ3n) is 3.68. The van der Waals surface area contributed by atoms with Crippen molar-refractivity contribution in [1.82, 2.24) is 10.6 Å². The predicted molar refractivity (Wildman–Crippen MR) is 83.1 cm³/mol. The molecule has 0 spiro atoms. The van der Waals surface area contributed by atoms with E-state index in [1.54, 1.807) is 27.7 Å². The quantitative estimate of drug-likeness (QED) is 0.616. The smallest absolute Gasteiger partial charge is 0.322 e. The number of nitrogens with one attached hydrogen (secondary N) is 2. The molecule has 0 aromatic carbocycles. The van der Waals surface area contributed by atoms with Crippen molar-refractivity contribution >= 4 is 17.9 Å². The van der Waals surface area contributed by atoms with E-state index >= 15 is 0 Å². The lowest BCUT2D eigenvalue weighted by atomic mass is 9.83. The second-order valence-electron chi connectivity index (χ2n) is 6.79. The van der Waals surface area contributed by atoms with Crippen LogP contribution in [0.2, 0.25) is 0 Å². The number of carbonyl (C=O) groups excluding carboxylic acids is 3. The number of carbonyl (C=O) groups is 3. The Hall–Kier alpha value is -1.59. The molecule has 126 valence electrons. The van der Waals surface area contributed by atoms with Gasteiger partial charge in [-0.05, 0) is 46.0 Å². The maximum Gasteiger partial charge on any atom is 0.322 e. The first kappa shape index (κ1) is 18.5. The van der Waals surface area contributed by atoms with E-state index in [1.807, 2.05) is 13.8 Å². The van der Waals surface area contributed by atoms with Crippen molar-refractivity contribution in [2.24, 2.45) is 11.8 Å². The third kappa shape index (κ3) is 4.21. The third-order valence-corrected chi connectivity index (χ3v) is 3.68. The standard InChI is InChI=1S/C14H22N2O4.C2H6/c1-8(10(17)20-13(2,3)4)7-14(9-5-6-9)11(18)15-12(19)16-14;1-2/h8-9H,5-7H2,1-4H3,(H2,15,16,18,19);1-2H3. The minimum absolute atomic E-state index is 0.124. The van der Waals surface area contributed by atoms with Crippen LogP contribution in [0.4, 0.5) is 4.79 Å². The minimum Gasteiger partial charge on any atom is -0.460 e. The first-order chi connectivity index (χ1) is 10.1. The van der Waals surface area contributed by atoms with E-state index in [-0.39, 0.29) is 24.2 Å². The van der Waals surface area contributed by atoms with Crippen molar-refractivity contribution in [2.75, 3.05) is 0 Å². The van der Waals surface area contributed by atoms with Gasteiger partial charge in [0, 0.05) is 0 Å². The number of amides is 3. The molecule has 0 aromatic rings. The maximum atomic E-state index is 12.1. The summed E-state index contributed by atoms with van der Waals surface area (Å²) in [5.74, 6) is -0.982. The molecule has 1 aliphatic heterocycles. The predicted octanol–water partition coefficient (Wildman–Crippen LogP) is 2.37. The van der Waals surface area contributed by atoms with Crippen LogP contribution in [0.15, 0.2) is 0 Å². The molecule has 0 aromatic heterocycles. The lowest BCUT2D eigenvalue weighted by molar-refractivity contribution is -0.160. The lowest BCUT2D eigenvalue weighted by Crippen LogP contribution is -2.51. The van der Waals surface area contributed by atoms with Crippen molar-refractivity contribution in [1.29, 1.82) is 0 Å². The summed E-state index contributed by atoms with van der Waals surface area (Å²) in [4.78, 5) is 35.6. The van der Waals surface area contributed by atoms with E-state index < -0.39 is 23.1 Å². The van der Waals surface area contributed by atoms with Crippen molar-refractivity contribution in [3.63, 3.8) is 0 Å². The van der Waals surface area contributed by atoms with Crippen LogP contribution in [0.25, 0.3) is 0 Å². The molecule has 1 heterocycles. The first-order valence-corrected chi connectivity index (χ1v) is 8.00. The highest BCUT2D eigenvalue weighted by Gasteiger charge is 2.56. The van der Waals surface area contributed by atoms with E-state index in [0.717, 1.165) is 12.8 Å². The number of hydrogen-bond donors (Lipinski definition) is 2. The molecule has 0 radical (unpaired) electrons. The van der Waals surface area contributed by atoms with Gasteiger partial charge in [0.1, 0.15) is 11.1 Å². The van der Waals surface area contributed by atoms with Gasteiger partial charge in [0.25, 0.3) is 5.91 Å². The van der Waals surface area contributed by atoms with Crippen LogP contribution in [0, 0.1) is 11.8 Å². The fraction of sp³-hybridized carbons (Fsp3) is 0.812. The van der Waals surface area contributed by atoms with Gasteiger partial charge >= 0.3 is 12.0 Å².